The van der Waals surface area contributed by atoms with Crippen LogP contribution < -0.4 is 5.56 Å². The largest absolute Gasteiger partial charge is 0.284 e. The Morgan fingerprint density at radius 3 is 2.47 bits per heavy atom. The van der Waals surface area contributed by atoms with Gasteiger partial charge in [-0.25, -0.2) is 0 Å². The molecule has 0 amide bonds. The summed E-state index contributed by atoms with van der Waals surface area (Å²) in [7, 11) is 0. The summed E-state index contributed by atoms with van der Waals surface area (Å²) in [5.41, 5.74) is 3.14. The van der Waals surface area contributed by atoms with Crippen molar-refractivity contribution in [2.24, 2.45) is 0 Å². The lowest BCUT2D eigenvalue weighted by Gasteiger charge is -2.08. The Hall–Kier alpha value is -1.83. The third kappa shape index (κ3) is 1.84. The van der Waals surface area contributed by atoms with Crippen LogP contribution in [0.25, 0.3) is 5.69 Å². The van der Waals surface area contributed by atoms with Gasteiger partial charge in [0.15, 0.2) is 0 Å². The lowest BCUT2D eigenvalue weighted by Crippen LogP contribution is -2.17. The van der Waals surface area contributed by atoms with Crippen molar-refractivity contribution in [3.05, 3.63) is 64.1 Å². The predicted molar refractivity (Wildman–Crippen MR) is 61.5 cm³/mol. The van der Waals surface area contributed by atoms with Gasteiger partial charge in [0.1, 0.15) is 0 Å². The molecule has 2 aromatic rings. The van der Waals surface area contributed by atoms with Crippen molar-refractivity contribution >= 4 is 0 Å². The minimum atomic E-state index is 0.00917. The van der Waals surface area contributed by atoms with Gasteiger partial charge in [0.2, 0.25) is 0 Å². The summed E-state index contributed by atoms with van der Waals surface area (Å²) < 4.78 is 1.69. The number of aryl methyl sites for hydroxylation is 2. The molecule has 0 aliphatic rings. The van der Waals surface area contributed by atoms with Gasteiger partial charge in [-0.3, -0.25) is 9.36 Å². The minimum Gasteiger partial charge on any atom is -0.284 e. The smallest absolute Gasteiger partial charge is 0.255 e. The van der Waals surface area contributed by atoms with E-state index in [2.05, 4.69) is 0 Å². The average Bonchev–Trinajstić information content (AvgIpc) is 2.23. The summed E-state index contributed by atoms with van der Waals surface area (Å²) in [5, 5.41) is 0. The van der Waals surface area contributed by atoms with Gasteiger partial charge in [-0.05, 0) is 31.0 Å². The maximum absolute atomic E-state index is 11.7. The first-order valence-electron chi connectivity index (χ1n) is 4.94. The van der Waals surface area contributed by atoms with Crippen molar-refractivity contribution in [2.75, 3.05) is 0 Å². The molecule has 1 aromatic carbocycles. The van der Waals surface area contributed by atoms with Crippen LogP contribution in [0.1, 0.15) is 11.1 Å². The number of para-hydroxylation sites is 1. The van der Waals surface area contributed by atoms with Gasteiger partial charge in [0.05, 0.1) is 5.69 Å². The van der Waals surface area contributed by atoms with Gasteiger partial charge < -0.3 is 0 Å². The van der Waals surface area contributed by atoms with Gasteiger partial charge in [0, 0.05) is 12.3 Å². The number of nitrogens with zero attached hydrogens (tertiary/aromatic N) is 1. The zero-order valence-corrected chi connectivity index (χ0v) is 8.90. The van der Waals surface area contributed by atoms with Crippen LogP contribution in [0.2, 0.25) is 0 Å². The molecule has 76 valence electrons. The van der Waals surface area contributed by atoms with Crippen LogP contribution in [-0.2, 0) is 0 Å². The first-order chi connectivity index (χ1) is 7.18. The fourth-order valence-corrected chi connectivity index (χ4v) is 1.62. The molecule has 0 unspecified atom stereocenters. The van der Waals surface area contributed by atoms with E-state index in [0.29, 0.717) is 0 Å². The molecular formula is C13H13NO. The quantitative estimate of drug-likeness (QED) is 0.691. The third-order valence-electron chi connectivity index (χ3n) is 2.43. The van der Waals surface area contributed by atoms with E-state index in [1.165, 1.54) is 0 Å². The summed E-state index contributed by atoms with van der Waals surface area (Å²) in [5.74, 6) is 0. The molecule has 0 aliphatic carbocycles. The number of pyridine rings is 1. The first kappa shape index (κ1) is 9.71. The van der Waals surface area contributed by atoms with E-state index in [4.69, 9.17) is 0 Å². The number of rotatable bonds is 1. The van der Waals surface area contributed by atoms with E-state index < -0.39 is 0 Å². The van der Waals surface area contributed by atoms with Gasteiger partial charge >= 0.3 is 0 Å². The highest BCUT2D eigenvalue weighted by molar-refractivity contribution is 5.40. The fourth-order valence-electron chi connectivity index (χ4n) is 1.62. The summed E-state index contributed by atoms with van der Waals surface area (Å²) in [4.78, 5) is 11.7. The van der Waals surface area contributed by atoms with Crippen molar-refractivity contribution in [2.45, 2.75) is 13.8 Å². The third-order valence-corrected chi connectivity index (χ3v) is 2.43. The second-order valence-corrected chi connectivity index (χ2v) is 3.70. The van der Waals surface area contributed by atoms with Crippen LogP contribution in [0.15, 0.2) is 47.4 Å². The molecule has 1 aromatic heterocycles. The summed E-state index contributed by atoms with van der Waals surface area (Å²) >= 11 is 0. The van der Waals surface area contributed by atoms with E-state index >= 15 is 0 Å². The molecule has 0 saturated heterocycles. The molecule has 0 atom stereocenters. The highest BCUT2D eigenvalue weighted by atomic mass is 16.1. The summed E-state index contributed by atoms with van der Waals surface area (Å²) in [6.45, 7) is 3.98. The molecule has 0 saturated carbocycles. The predicted octanol–water partition coefficient (Wildman–Crippen LogP) is 2.45. The Morgan fingerprint density at radius 2 is 1.73 bits per heavy atom. The molecule has 2 nitrogen and oxygen atoms in total. The first-order valence-corrected chi connectivity index (χ1v) is 4.94. The minimum absolute atomic E-state index is 0.00917. The molecule has 15 heavy (non-hydrogen) atoms. The van der Waals surface area contributed by atoms with E-state index in [1.807, 2.05) is 50.4 Å². The van der Waals surface area contributed by atoms with E-state index in [0.717, 1.165) is 16.8 Å². The Balaban J connectivity index is 2.69. The molecule has 0 N–H and O–H groups in total. The van der Waals surface area contributed by atoms with E-state index in [-0.39, 0.29) is 5.56 Å². The number of hydrogen-bond acceptors (Lipinski definition) is 1. The monoisotopic (exact) mass is 199 g/mol. The molecule has 1 heterocycles. The van der Waals surface area contributed by atoms with Crippen molar-refractivity contribution in [1.29, 1.82) is 0 Å². The van der Waals surface area contributed by atoms with Crippen molar-refractivity contribution < 1.29 is 0 Å². The topological polar surface area (TPSA) is 22.0 Å². The zero-order chi connectivity index (χ0) is 10.8. The SMILES string of the molecule is Cc1ccc(=O)n(-c2ccccc2C)c1. The average molecular weight is 199 g/mol. The van der Waals surface area contributed by atoms with Gasteiger partial charge in [0.25, 0.3) is 5.56 Å². The highest BCUT2D eigenvalue weighted by Crippen LogP contribution is 2.11. The van der Waals surface area contributed by atoms with Crippen LogP contribution >= 0.6 is 0 Å². The number of benzene rings is 1. The second kappa shape index (κ2) is 3.73. The maximum Gasteiger partial charge on any atom is 0.255 e. The van der Waals surface area contributed by atoms with E-state index in [9.17, 15) is 4.79 Å². The van der Waals surface area contributed by atoms with Crippen LogP contribution in [0.5, 0.6) is 0 Å². The molecular weight excluding hydrogens is 186 g/mol. The van der Waals surface area contributed by atoms with Crippen LogP contribution in [0.3, 0.4) is 0 Å². The van der Waals surface area contributed by atoms with Crippen LogP contribution in [0.4, 0.5) is 0 Å². The van der Waals surface area contributed by atoms with Gasteiger partial charge in [-0.2, -0.15) is 0 Å². The zero-order valence-electron chi connectivity index (χ0n) is 8.90. The van der Waals surface area contributed by atoms with Crippen molar-refractivity contribution in [1.82, 2.24) is 4.57 Å². The molecule has 0 fully saturated rings. The van der Waals surface area contributed by atoms with Crippen molar-refractivity contribution in [3.63, 3.8) is 0 Å². The summed E-state index contributed by atoms with van der Waals surface area (Å²) in [6, 6.07) is 11.3. The number of aromatic nitrogens is 1. The molecule has 2 heteroatoms. The van der Waals surface area contributed by atoms with E-state index in [1.54, 1.807) is 10.6 Å². The van der Waals surface area contributed by atoms with Gasteiger partial charge in [-0.1, -0.05) is 24.3 Å². The molecule has 0 radical (unpaired) electrons. The lowest BCUT2D eigenvalue weighted by molar-refractivity contribution is 0.965. The van der Waals surface area contributed by atoms with Gasteiger partial charge in [-0.15, -0.1) is 0 Å². The van der Waals surface area contributed by atoms with Crippen molar-refractivity contribution in [3.8, 4) is 5.69 Å². The standard InChI is InChI=1S/C13H13NO/c1-10-7-8-13(15)14(9-10)12-6-4-3-5-11(12)2/h3-9H,1-2H3. The maximum atomic E-state index is 11.7. The Bertz CT molecular complexity index is 540. The molecule has 2 rings (SSSR count). The molecule has 0 spiro atoms. The summed E-state index contributed by atoms with van der Waals surface area (Å²) in [6.07, 6.45) is 1.87. The Kier molecular flexibility index (Phi) is 2.42. The molecule has 0 aliphatic heterocycles. The van der Waals surface area contributed by atoms with Crippen LogP contribution in [-0.4, -0.2) is 4.57 Å². The Morgan fingerprint density at radius 1 is 1.00 bits per heavy atom. The lowest BCUT2D eigenvalue weighted by atomic mass is 10.2. The highest BCUT2D eigenvalue weighted by Gasteiger charge is 2.01. The fraction of sp³-hybridized carbons (Fsp3) is 0.154. The van der Waals surface area contributed by atoms with Crippen LogP contribution in [0, 0.1) is 13.8 Å². The number of hydrogen-bond donors (Lipinski definition) is 0. The molecule has 0 bridgehead atoms. The Labute approximate surface area is 88.8 Å². The second-order valence-electron chi connectivity index (χ2n) is 3.70. The normalized spacial score (nSPS) is 10.3.